The third-order valence-electron chi connectivity index (χ3n) is 4.83. The summed E-state index contributed by atoms with van der Waals surface area (Å²) in [5.41, 5.74) is 2.65. The average Bonchev–Trinajstić information content (AvgIpc) is 2.97. The van der Waals surface area contributed by atoms with Crippen LogP contribution in [-0.2, 0) is 17.6 Å². The van der Waals surface area contributed by atoms with Crippen molar-refractivity contribution >= 4 is 5.91 Å². The van der Waals surface area contributed by atoms with Crippen LogP contribution >= 0.6 is 0 Å². The summed E-state index contributed by atoms with van der Waals surface area (Å²) in [6.45, 7) is 3.49. The molecule has 1 fully saturated rings. The molecule has 0 aromatic carbocycles. The van der Waals surface area contributed by atoms with Gasteiger partial charge in [0.1, 0.15) is 17.6 Å². The van der Waals surface area contributed by atoms with E-state index in [1.165, 1.54) is 0 Å². The van der Waals surface area contributed by atoms with Crippen LogP contribution in [0.1, 0.15) is 52.1 Å². The smallest absolute Gasteiger partial charge is 0.257 e. The number of aryl methyl sites for hydroxylation is 2. The Morgan fingerprint density at radius 3 is 3.00 bits per heavy atom. The first-order chi connectivity index (χ1) is 11.7. The highest BCUT2D eigenvalue weighted by Crippen LogP contribution is 2.31. The molecule has 1 saturated heterocycles. The van der Waals surface area contributed by atoms with E-state index in [0.29, 0.717) is 19.7 Å². The van der Waals surface area contributed by atoms with E-state index in [2.05, 4.69) is 9.97 Å². The molecule has 0 spiro atoms. The molecule has 4 rings (SSSR count). The Labute approximate surface area is 140 Å². The van der Waals surface area contributed by atoms with Gasteiger partial charge in [0.15, 0.2) is 0 Å². The Morgan fingerprint density at radius 1 is 1.29 bits per heavy atom. The number of fused-ring (bicyclic) bond motifs is 1. The number of aromatic nitrogens is 2. The topological polar surface area (TPSA) is 68.5 Å². The van der Waals surface area contributed by atoms with Crippen LogP contribution in [0.25, 0.3) is 0 Å². The third kappa shape index (κ3) is 2.71. The van der Waals surface area contributed by atoms with E-state index in [-0.39, 0.29) is 12.0 Å². The van der Waals surface area contributed by atoms with Gasteiger partial charge >= 0.3 is 0 Å². The first-order valence-corrected chi connectivity index (χ1v) is 8.52. The number of hydrogen-bond acceptors (Lipinski definition) is 5. The van der Waals surface area contributed by atoms with E-state index in [1.807, 2.05) is 11.8 Å². The Kier molecular flexibility index (Phi) is 4.06. The van der Waals surface area contributed by atoms with Crippen LogP contribution < -0.4 is 0 Å². The largest absolute Gasteiger partial charge is 0.465 e. The van der Waals surface area contributed by atoms with Crippen molar-refractivity contribution in [1.82, 2.24) is 14.9 Å². The summed E-state index contributed by atoms with van der Waals surface area (Å²) >= 11 is 0. The monoisotopic (exact) mass is 327 g/mol. The second-order valence-corrected chi connectivity index (χ2v) is 6.38. The summed E-state index contributed by atoms with van der Waals surface area (Å²) in [5, 5.41) is 0. The molecule has 24 heavy (non-hydrogen) atoms. The van der Waals surface area contributed by atoms with Crippen molar-refractivity contribution in [3.8, 4) is 0 Å². The maximum atomic E-state index is 13.1. The van der Waals surface area contributed by atoms with Gasteiger partial charge in [0.05, 0.1) is 30.6 Å². The number of ether oxygens (including phenoxy) is 1. The van der Waals surface area contributed by atoms with Gasteiger partial charge < -0.3 is 14.1 Å². The Balaban J connectivity index is 1.57. The zero-order valence-corrected chi connectivity index (χ0v) is 13.8. The molecule has 1 aliphatic carbocycles. The molecule has 0 unspecified atom stereocenters. The van der Waals surface area contributed by atoms with Crippen LogP contribution in [-0.4, -0.2) is 40.5 Å². The fourth-order valence-corrected chi connectivity index (χ4v) is 3.63. The highest BCUT2D eigenvalue weighted by atomic mass is 16.5. The predicted octanol–water partition coefficient (Wildman–Crippen LogP) is 2.47. The molecule has 3 heterocycles. The average molecular weight is 327 g/mol. The van der Waals surface area contributed by atoms with Gasteiger partial charge in [-0.05, 0) is 26.2 Å². The van der Waals surface area contributed by atoms with Crippen LogP contribution in [0.15, 0.2) is 23.0 Å². The zero-order valence-electron chi connectivity index (χ0n) is 13.8. The summed E-state index contributed by atoms with van der Waals surface area (Å²) in [4.78, 5) is 23.4. The van der Waals surface area contributed by atoms with Crippen LogP contribution in [0.3, 0.4) is 0 Å². The number of furan rings is 1. The summed E-state index contributed by atoms with van der Waals surface area (Å²) in [6.07, 6.45) is 8.90. The highest BCUT2D eigenvalue weighted by molar-refractivity contribution is 5.97. The lowest BCUT2D eigenvalue weighted by atomic mass is 9.94. The van der Waals surface area contributed by atoms with Crippen molar-refractivity contribution < 1.29 is 13.9 Å². The van der Waals surface area contributed by atoms with Crippen LogP contribution in [0, 0.1) is 6.92 Å². The van der Waals surface area contributed by atoms with E-state index >= 15 is 0 Å². The normalized spacial score (nSPS) is 20.7. The SMILES string of the molecule is Cc1oc2c(c1C(=O)N1CCO[C@H](c3cnccn3)C1)CCCC2. The molecule has 2 aromatic heterocycles. The zero-order chi connectivity index (χ0) is 16.5. The molecule has 0 radical (unpaired) electrons. The molecule has 1 atom stereocenters. The van der Waals surface area contributed by atoms with Crippen molar-refractivity contribution in [1.29, 1.82) is 0 Å². The summed E-state index contributed by atoms with van der Waals surface area (Å²) < 4.78 is 11.6. The fraction of sp³-hybridized carbons (Fsp3) is 0.500. The molecule has 0 N–H and O–H groups in total. The lowest BCUT2D eigenvalue weighted by molar-refractivity contribution is -0.0249. The summed E-state index contributed by atoms with van der Waals surface area (Å²) in [6, 6.07) is 0. The number of rotatable bonds is 2. The number of nitrogens with zero attached hydrogens (tertiary/aromatic N) is 3. The first-order valence-electron chi connectivity index (χ1n) is 8.52. The molecule has 1 aliphatic heterocycles. The van der Waals surface area contributed by atoms with Crippen molar-refractivity contribution in [3.05, 3.63) is 46.9 Å². The molecule has 0 bridgehead atoms. The van der Waals surface area contributed by atoms with Gasteiger partial charge in [-0.3, -0.25) is 14.8 Å². The van der Waals surface area contributed by atoms with Crippen LogP contribution in [0.4, 0.5) is 0 Å². The predicted molar refractivity (Wildman–Crippen MR) is 86.7 cm³/mol. The van der Waals surface area contributed by atoms with E-state index < -0.39 is 0 Å². The summed E-state index contributed by atoms with van der Waals surface area (Å²) in [5.74, 6) is 1.80. The maximum absolute atomic E-state index is 13.1. The lowest BCUT2D eigenvalue weighted by Crippen LogP contribution is -2.42. The van der Waals surface area contributed by atoms with Gasteiger partial charge in [-0.25, -0.2) is 0 Å². The van der Waals surface area contributed by atoms with Crippen molar-refractivity contribution in [2.75, 3.05) is 19.7 Å². The minimum Gasteiger partial charge on any atom is -0.465 e. The van der Waals surface area contributed by atoms with Crippen molar-refractivity contribution in [3.63, 3.8) is 0 Å². The third-order valence-corrected chi connectivity index (χ3v) is 4.83. The minimum atomic E-state index is -0.223. The highest BCUT2D eigenvalue weighted by Gasteiger charge is 2.32. The van der Waals surface area contributed by atoms with Crippen LogP contribution in [0.5, 0.6) is 0 Å². The lowest BCUT2D eigenvalue weighted by Gasteiger charge is -2.32. The first kappa shape index (κ1) is 15.3. The Bertz CT molecular complexity index is 741. The number of hydrogen-bond donors (Lipinski definition) is 0. The van der Waals surface area contributed by atoms with E-state index in [9.17, 15) is 4.79 Å². The van der Waals surface area contributed by atoms with Gasteiger partial charge in [0.25, 0.3) is 5.91 Å². The summed E-state index contributed by atoms with van der Waals surface area (Å²) in [7, 11) is 0. The number of amides is 1. The Hall–Kier alpha value is -2.21. The quantitative estimate of drug-likeness (QED) is 0.847. The second kappa shape index (κ2) is 6.36. The minimum absolute atomic E-state index is 0.0524. The van der Waals surface area contributed by atoms with Crippen LogP contribution in [0.2, 0.25) is 0 Å². The fourth-order valence-electron chi connectivity index (χ4n) is 3.63. The molecular weight excluding hydrogens is 306 g/mol. The molecule has 6 heteroatoms. The van der Waals surface area contributed by atoms with Gasteiger partial charge in [-0.2, -0.15) is 0 Å². The van der Waals surface area contributed by atoms with Gasteiger partial charge in [0.2, 0.25) is 0 Å². The Morgan fingerprint density at radius 2 is 2.17 bits per heavy atom. The molecule has 2 aromatic rings. The number of carbonyl (C=O) groups is 1. The number of morpholine rings is 1. The molecule has 6 nitrogen and oxygen atoms in total. The van der Waals surface area contributed by atoms with E-state index in [4.69, 9.17) is 9.15 Å². The second-order valence-electron chi connectivity index (χ2n) is 6.38. The molecule has 2 aliphatic rings. The standard InChI is InChI=1S/C18H21N3O3/c1-12-17(13-4-2-3-5-15(13)24-12)18(22)21-8-9-23-16(11-21)14-10-19-6-7-20-14/h6-7,10,16H,2-5,8-9,11H2,1H3/t16-/m0/s1. The van der Waals surface area contributed by atoms with Gasteiger partial charge in [0, 0.05) is 30.9 Å². The number of carbonyl (C=O) groups excluding carboxylic acids is 1. The van der Waals surface area contributed by atoms with Crippen molar-refractivity contribution in [2.45, 2.75) is 38.7 Å². The van der Waals surface area contributed by atoms with E-state index in [0.717, 1.165) is 54.0 Å². The molecule has 0 saturated carbocycles. The maximum Gasteiger partial charge on any atom is 0.257 e. The molecule has 1 amide bonds. The van der Waals surface area contributed by atoms with Gasteiger partial charge in [-0.1, -0.05) is 0 Å². The molecular formula is C18H21N3O3. The van der Waals surface area contributed by atoms with E-state index in [1.54, 1.807) is 18.6 Å². The van der Waals surface area contributed by atoms with Crippen molar-refractivity contribution in [2.24, 2.45) is 0 Å². The van der Waals surface area contributed by atoms with Gasteiger partial charge in [-0.15, -0.1) is 0 Å². The molecule has 126 valence electrons.